The molecule has 3 unspecified atom stereocenters. The number of carbonyl (C=O) groups excluding carboxylic acids is 2. The van der Waals surface area contributed by atoms with Gasteiger partial charge < -0.3 is 24.1 Å². The fraction of sp³-hybridized carbons (Fsp3) is 0.389. The lowest BCUT2D eigenvalue weighted by atomic mass is 10.0. The van der Waals surface area contributed by atoms with Gasteiger partial charge in [0.2, 0.25) is 0 Å². The Balaban J connectivity index is 1.60. The maximum absolute atomic E-state index is 11.7. The van der Waals surface area contributed by atoms with Crippen molar-refractivity contribution < 1.29 is 38.4 Å². The maximum Gasteiger partial charge on any atom is 0.331 e. The van der Waals surface area contributed by atoms with Crippen LogP contribution in [-0.2, 0) is 39.9 Å². The average Bonchev–Trinajstić information content (AvgIpc) is 3.02. The molecule has 2 aliphatic heterocycles. The number of fused-ring (bicyclic) bond motifs is 1. The first-order valence-corrected chi connectivity index (χ1v) is 8.13. The van der Waals surface area contributed by atoms with E-state index in [4.69, 9.17) is 24.1 Å². The van der Waals surface area contributed by atoms with Crippen LogP contribution in [0.25, 0.3) is 0 Å². The Hall–Kier alpha value is -2.71. The van der Waals surface area contributed by atoms with Gasteiger partial charge in [-0.3, -0.25) is 9.59 Å². The molecule has 0 amide bonds. The van der Waals surface area contributed by atoms with Crippen molar-refractivity contribution in [1.29, 1.82) is 0 Å². The van der Waals surface area contributed by atoms with Crippen LogP contribution in [0.4, 0.5) is 0 Å². The van der Waals surface area contributed by atoms with Gasteiger partial charge in [-0.25, -0.2) is 4.79 Å². The van der Waals surface area contributed by atoms with E-state index in [1.807, 2.05) is 30.3 Å². The Kier molecular flexibility index (Phi) is 5.65. The highest BCUT2D eigenvalue weighted by molar-refractivity contribution is 5.86. The molecule has 2 aliphatic rings. The van der Waals surface area contributed by atoms with Crippen molar-refractivity contribution in [3.63, 3.8) is 0 Å². The maximum atomic E-state index is 11.7. The zero-order chi connectivity index (χ0) is 18.5. The van der Waals surface area contributed by atoms with Gasteiger partial charge in [-0.05, 0) is 5.56 Å². The largest absolute Gasteiger partial charge is 0.481 e. The first-order chi connectivity index (χ1) is 12.5. The van der Waals surface area contributed by atoms with E-state index in [1.54, 1.807) is 0 Å². The zero-order valence-corrected chi connectivity index (χ0v) is 13.8. The summed E-state index contributed by atoms with van der Waals surface area (Å²) in [4.78, 5) is 33.9. The summed E-state index contributed by atoms with van der Waals surface area (Å²) in [6.45, 7) is 0.264. The quantitative estimate of drug-likeness (QED) is 0.721. The molecule has 1 aromatic rings. The van der Waals surface area contributed by atoms with E-state index in [1.165, 1.54) is 6.08 Å². The monoisotopic (exact) mass is 362 g/mol. The molecule has 3 atom stereocenters. The molecule has 1 aromatic carbocycles. The zero-order valence-electron chi connectivity index (χ0n) is 13.8. The minimum absolute atomic E-state index is 0.0203. The molecule has 138 valence electrons. The summed E-state index contributed by atoms with van der Waals surface area (Å²) in [5.74, 6) is -2.34. The number of hydrogen-bond acceptors (Lipinski definition) is 7. The van der Waals surface area contributed by atoms with Crippen molar-refractivity contribution >= 4 is 17.9 Å². The van der Waals surface area contributed by atoms with E-state index in [0.717, 1.165) is 5.56 Å². The summed E-state index contributed by atoms with van der Waals surface area (Å²) in [6.07, 6.45) is -1.71. The summed E-state index contributed by atoms with van der Waals surface area (Å²) in [5.41, 5.74) is 1.40. The number of hydrogen-bond donors (Lipinski definition) is 1. The number of rotatable bonds is 7. The van der Waals surface area contributed by atoms with Crippen LogP contribution in [-0.4, -0.2) is 48.1 Å². The van der Waals surface area contributed by atoms with Gasteiger partial charge in [0.15, 0.2) is 18.5 Å². The lowest BCUT2D eigenvalue weighted by molar-refractivity contribution is -0.202. The molecule has 0 spiro atoms. The van der Waals surface area contributed by atoms with Gasteiger partial charge in [0.1, 0.15) is 0 Å². The van der Waals surface area contributed by atoms with Crippen molar-refractivity contribution in [2.75, 3.05) is 6.61 Å². The van der Waals surface area contributed by atoms with E-state index < -0.39 is 36.4 Å². The van der Waals surface area contributed by atoms with Crippen molar-refractivity contribution in [2.24, 2.45) is 0 Å². The molecule has 0 bridgehead atoms. The molecule has 0 radical (unpaired) electrons. The van der Waals surface area contributed by atoms with E-state index in [2.05, 4.69) is 0 Å². The smallest absolute Gasteiger partial charge is 0.331 e. The van der Waals surface area contributed by atoms with Crippen molar-refractivity contribution in [3.8, 4) is 0 Å². The van der Waals surface area contributed by atoms with Crippen LogP contribution in [0.3, 0.4) is 0 Å². The molecule has 3 rings (SSSR count). The molecule has 1 N–H and O–H groups in total. The van der Waals surface area contributed by atoms with Crippen molar-refractivity contribution in [2.45, 2.75) is 37.9 Å². The lowest BCUT2D eigenvalue weighted by Gasteiger charge is -2.34. The minimum atomic E-state index is -1.09. The summed E-state index contributed by atoms with van der Waals surface area (Å²) < 4.78 is 21.7. The fourth-order valence-electron chi connectivity index (χ4n) is 2.73. The molecule has 0 saturated carbocycles. The van der Waals surface area contributed by atoms with Crippen LogP contribution >= 0.6 is 0 Å². The molecular formula is C18H18O8. The second-order valence-electron chi connectivity index (χ2n) is 5.89. The van der Waals surface area contributed by atoms with Gasteiger partial charge in [-0.1, -0.05) is 30.3 Å². The van der Waals surface area contributed by atoms with Crippen LogP contribution in [0.5, 0.6) is 0 Å². The van der Waals surface area contributed by atoms with E-state index in [9.17, 15) is 14.4 Å². The van der Waals surface area contributed by atoms with Gasteiger partial charge >= 0.3 is 17.9 Å². The number of carbonyl (C=O) groups is 3. The molecule has 2 heterocycles. The number of ether oxygens (including phenoxy) is 4. The highest BCUT2D eigenvalue weighted by atomic mass is 16.7. The first kappa shape index (κ1) is 18.1. The number of esters is 2. The molecule has 0 aromatic heterocycles. The summed E-state index contributed by atoms with van der Waals surface area (Å²) >= 11 is 0. The van der Waals surface area contributed by atoms with Gasteiger partial charge in [0.05, 0.1) is 26.1 Å². The number of aliphatic carboxylic acids is 1. The third-order valence-corrected chi connectivity index (χ3v) is 3.95. The molecular weight excluding hydrogens is 344 g/mol. The van der Waals surface area contributed by atoms with Crippen molar-refractivity contribution in [1.82, 2.24) is 0 Å². The molecule has 8 heteroatoms. The van der Waals surface area contributed by atoms with Gasteiger partial charge in [-0.2, -0.15) is 0 Å². The van der Waals surface area contributed by atoms with Crippen molar-refractivity contribution in [3.05, 3.63) is 47.5 Å². The summed E-state index contributed by atoms with van der Waals surface area (Å²) in [6, 6.07) is 9.47. The Labute approximate surface area is 149 Å². The molecule has 26 heavy (non-hydrogen) atoms. The third-order valence-electron chi connectivity index (χ3n) is 3.95. The Morgan fingerprint density at radius 3 is 2.69 bits per heavy atom. The SMILES string of the molecule is O=C(O)CCC(=O)OC1COC(OCc2ccccc2)C2=CC(=O)OC21. The first-order valence-electron chi connectivity index (χ1n) is 8.13. The number of benzene rings is 1. The highest BCUT2D eigenvalue weighted by Gasteiger charge is 2.44. The number of carboxylic acids is 1. The average molecular weight is 362 g/mol. The molecule has 1 fully saturated rings. The van der Waals surface area contributed by atoms with Crippen LogP contribution in [0.15, 0.2) is 42.0 Å². The molecule has 1 saturated heterocycles. The topological polar surface area (TPSA) is 108 Å². The number of carboxylic acid groups (broad SMARTS) is 1. The summed E-state index contributed by atoms with van der Waals surface area (Å²) in [7, 11) is 0. The lowest BCUT2D eigenvalue weighted by Crippen LogP contribution is -2.46. The van der Waals surface area contributed by atoms with Gasteiger partial charge in [-0.15, -0.1) is 0 Å². The van der Waals surface area contributed by atoms with Crippen LogP contribution in [0, 0.1) is 0 Å². The Bertz CT molecular complexity index is 711. The Morgan fingerprint density at radius 2 is 1.96 bits per heavy atom. The molecule has 0 aliphatic carbocycles. The fourth-order valence-corrected chi connectivity index (χ4v) is 2.73. The van der Waals surface area contributed by atoms with E-state index in [0.29, 0.717) is 5.57 Å². The normalized spacial score (nSPS) is 24.4. The van der Waals surface area contributed by atoms with Crippen LogP contribution < -0.4 is 0 Å². The second-order valence-corrected chi connectivity index (χ2v) is 5.89. The second kappa shape index (κ2) is 8.11. The standard InChI is InChI=1S/C18H18O8/c19-14(20)6-7-15(21)25-13-10-24-18(12-8-16(22)26-17(12)13)23-9-11-4-2-1-3-5-11/h1-5,8,13,17-18H,6-7,9-10H2,(H,19,20). The van der Waals surface area contributed by atoms with E-state index in [-0.39, 0.29) is 26.1 Å². The highest BCUT2D eigenvalue weighted by Crippen LogP contribution is 2.31. The Morgan fingerprint density at radius 1 is 1.19 bits per heavy atom. The predicted molar refractivity (Wildman–Crippen MR) is 85.7 cm³/mol. The van der Waals surface area contributed by atoms with E-state index >= 15 is 0 Å². The van der Waals surface area contributed by atoms with Crippen LogP contribution in [0.1, 0.15) is 18.4 Å². The third kappa shape index (κ3) is 4.47. The summed E-state index contributed by atoms with van der Waals surface area (Å²) in [5, 5.41) is 8.61. The molecule has 8 nitrogen and oxygen atoms in total. The van der Waals surface area contributed by atoms with Gasteiger partial charge in [0.25, 0.3) is 0 Å². The minimum Gasteiger partial charge on any atom is -0.481 e. The van der Waals surface area contributed by atoms with Gasteiger partial charge in [0, 0.05) is 11.6 Å². The van der Waals surface area contributed by atoms with Crippen LogP contribution in [0.2, 0.25) is 0 Å². The predicted octanol–water partition coefficient (Wildman–Crippen LogP) is 1.19.